The Morgan fingerprint density at radius 2 is 1.70 bits per heavy atom. The molecule has 2 unspecified atom stereocenters. The molecule has 0 aliphatic carbocycles. The van der Waals surface area contributed by atoms with Crippen molar-refractivity contribution in [2.75, 3.05) is 19.6 Å². The van der Waals surface area contributed by atoms with Crippen molar-refractivity contribution in [3.05, 3.63) is 66.0 Å². The Morgan fingerprint density at radius 1 is 1.03 bits per heavy atom. The second-order valence-electron chi connectivity index (χ2n) is 11.2. The molecule has 0 saturated carbocycles. The van der Waals surface area contributed by atoms with Crippen molar-refractivity contribution in [3.63, 3.8) is 0 Å². The summed E-state index contributed by atoms with van der Waals surface area (Å²) in [4.78, 5) is 21.7. The molecule has 3 aromatic rings. The van der Waals surface area contributed by atoms with E-state index in [0.717, 1.165) is 37.1 Å². The molecule has 2 aromatic carbocycles. The van der Waals surface area contributed by atoms with Crippen molar-refractivity contribution in [2.45, 2.75) is 75.4 Å². The molecule has 3 aliphatic rings. The molecule has 7 nitrogen and oxygen atoms in total. The summed E-state index contributed by atoms with van der Waals surface area (Å²) in [5, 5.41) is 11.2. The topological polar surface area (TPSA) is 77.2 Å². The minimum Gasteiger partial charge on any atom is -0.325 e. The molecule has 0 spiro atoms. The first-order valence-corrected chi connectivity index (χ1v) is 13.8. The summed E-state index contributed by atoms with van der Waals surface area (Å²) in [6, 6.07) is 20.9. The molecule has 4 heterocycles. The van der Waals surface area contributed by atoms with E-state index in [1.807, 2.05) is 0 Å². The number of hydrogen-bond acceptors (Lipinski definition) is 4. The van der Waals surface area contributed by atoms with Gasteiger partial charge in [-0.3, -0.25) is 4.90 Å². The van der Waals surface area contributed by atoms with Gasteiger partial charge in [-0.25, -0.2) is 15.1 Å². The van der Waals surface area contributed by atoms with Crippen molar-refractivity contribution < 1.29 is 4.79 Å². The van der Waals surface area contributed by atoms with Crippen LogP contribution in [-0.4, -0.2) is 57.1 Å². The fourth-order valence-corrected chi connectivity index (χ4v) is 7.53. The quantitative estimate of drug-likeness (QED) is 0.393. The van der Waals surface area contributed by atoms with Crippen LogP contribution >= 0.6 is 0 Å². The van der Waals surface area contributed by atoms with E-state index in [2.05, 4.69) is 76.3 Å². The third-order valence-electron chi connectivity index (χ3n) is 9.40. The number of piperidine rings is 2. The van der Waals surface area contributed by atoms with Crippen molar-refractivity contribution in [3.8, 4) is 6.19 Å². The summed E-state index contributed by atoms with van der Waals surface area (Å²) in [7, 11) is 0. The zero-order valence-electron chi connectivity index (χ0n) is 21.6. The van der Waals surface area contributed by atoms with Gasteiger partial charge in [-0.15, -0.1) is 0 Å². The Morgan fingerprint density at radius 3 is 2.41 bits per heavy atom. The van der Waals surface area contributed by atoms with Crippen LogP contribution in [0.3, 0.4) is 0 Å². The Kier molecular flexibility index (Phi) is 6.37. The highest BCUT2D eigenvalue weighted by Gasteiger charge is 2.44. The summed E-state index contributed by atoms with van der Waals surface area (Å²) in [6.45, 7) is 4.63. The van der Waals surface area contributed by atoms with E-state index in [-0.39, 0.29) is 11.4 Å². The minimum absolute atomic E-state index is 0.0676. The third-order valence-corrected chi connectivity index (χ3v) is 9.40. The number of amides is 2. The second kappa shape index (κ2) is 9.83. The van der Waals surface area contributed by atoms with Crippen LogP contribution in [0.1, 0.15) is 62.4 Å². The van der Waals surface area contributed by atoms with Gasteiger partial charge in [0.05, 0.1) is 11.0 Å². The van der Waals surface area contributed by atoms with Gasteiger partial charge < -0.3 is 9.47 Å². The standard InChI is InChI=1S/C30H36N6O/c1-22-33-27-9-5-6-10-28(27)36(22)26-19-24-11-12-25(20-26)35(24)18-15-30(23-7-3-2-4-8-23)13-16-34(17-14-30)29(37)32-21-31/h2-10,24-26H,11-20H2,1H3,(H,32,37). The number of para-hydroxylation sites is 2. The number of hydrogen-bond donors (Lipinski definition) is 1. The molecular formula is C30H36N6O. The lowest BCUT2D eigenvalue weighted by molar-refractivity contribution is 0.0861. The highest BCUT2D eigenvalue weighted by Crippen LogP contribution is 2.45. The molecule has 0 radical (unpaired) electrons. The Balaban J connectivity index is 1.17. The van der Waals surface area contributed by atoms with Crippen molar-refractivity contribution >= 4 is 17.1 Å². The number of fused-ring (bicyclic) bond motifs is 3. The smallest absolute Gasteiger partial charge is 0.325 e. The average molecular weight is 497 g/mol. The van der Waals surface area contributed by atoms with Crippen LogP contribution in [0.2, 0.25) is 0 Å². The number of aryl methyl sites for hydroxylation is 1. The molecule has 3 aliphatic heterocycles. The van der Waals surface area contributed by atoms with Crippen LogP contribution < -0.4 is 5.32 Å². The molecule has 3 saturated heterocycles. The van der Waals surface area contributed by atoms with Gasteiger partial charge in [0.1, 0.15) is 5.82 Å². The van der Waals surface area contributed by atoms with E-state index >= 15 is 0 Å². The molecule has 1 N–H and O–H groups in total. The van der Waals surface area contributed by atoms with Gasteiger partial charge in [0.15, 0.2) is 6.19 Å². The maximum absolute atomic E-state index is 12.3. The molecule has 2 amide bonds. The van der Waals surface area contributed by atoms with Crippen molar-refractivity contribution in [1.29, 1.82) is 5.26 Å². The van der Waals surface area contributed by atoms with E-state index in [9.17, 15) is 4.79 Å². The number of benzene rings is 2. The largest absolute Gasteiger partial charge is 0.330 e. The van der Waals surface area contributed by atoms with Crippen LogP contribution in [0.25, 0.3) is 11.0 Å². The van der Waals surface area contributed by atoms with E-state index in [1.54, 1.807) is 11.1 Å². The number of nitrogens with one attached hydrogen (secondary N) is 1. The van der Waals surface area contributed by atoms with Gasteiger partial charge in [0, 0.05) is 31.2 Å². The summed E-state index contributed by atoms with van der Waals surface area (Å²) in [5.41, 5.74) is 3.83. The predicted octanol–water partition coefficient (Wildman–Crippen LogP) is 5.13. The number of nitrogens with zero attached hydrogens (tertiary/aromatic N) is 5. The lowest BCUT2D eigenvalue weighted by atomic mass is 9.70. The van der Waals surface area contributed by atoms with Gasteiger partial charge in [0.25, 0.3) is 0 Å². The van der Waals surface area contributed by atoms with E-state index in [1.165, 1.54) is 36.8 Å². The van der Waals surface area contributed by atoms with Crippen LogP contribution in [-0.2, 0) is 5.41 Å². The summed E-state index contributed by atoms with van der Waals surface area (Å²) < 4.78 is 2.51. The molecule has 2 atom stereocenters. The van der Waals surface area contributed by atoms with Crippen LogP contribution in [0.15, 0.2) is 54.6 Å². The second-order valence-corrected chi connectivity index (χ2v) is 11.2. The number of imidazole rings is 1. The zero-order chi connectivity index (χ0) is 25.4. The van der Waals surface area contributed by atoms with Crippen molar-refractivity contribution in [2.24, 2.45) is 0 Å². The highest BCUT2D eigenvalue weighted by molar-refractivity contribution is 5.76. The fourth-order valence-electron chi connectivity index (χ4n) is 7.53. The Bertz CT molecular complexity index is 1290. The van der Waals surface area contributed by atoms with Crippen LogP contribution in [0, 0.1) is 18.4 Å². The zero-order valence-corrected chi connectivity index (χ0v) is 21.6. The summed E-state index contributed by atoms with van der Waals surface area (Å²) >= 11 is 0. The SMILES string of the molecule is Cc1nc2ccccc2n1C1CC2CCC(C1)N2CCC1(c2ccccc2)CCN(C(=O)NC#N)CC1. The average Bonchev–Trinajstić information content (AvgIpc) is 3.39. The van der Waals surface area contributed by atoms with Crippen LogP contribution in [0.5, 0.6) is 0 Å². The molecule has 37 heavy (non-hydrogen) atoms. The Hall–Kier alpha value is -3.37. The van der Waals surface area contributed by atoms with Gasteiger partial charge in [-0.2, -0.15) is 5.26 Å². The van der Waals surface area contributed by atoms with Crippen molar-refractivity contribution in [1.82, 2.24) is 24.7 Å². The maximum atomic E-state index is 12.3. The monoisotopic (exact) mass is 496 g/mol. The molecule has 1 aromatic heterocycles. The molecule has 6 rings (SSSR count). The lowest BCUT2D eigenvalue weighted by Crippen LogP contribution is -2.50. The first kappa shape index (κ1) is 24.0. The Labute approximate surface area is 219 Å². The van der Waals surface area contributed by atoms with Gasteiger partial charge >= 0.3 is 6.03 Å². The van der Waals surface area contributed by atoms with E-state index in [0.29, 0.717) is 31.2 Å². The number of carbonyl (C=O) groups is 1. The summed E-state index contributed by atoms with van der Waals surface area (Å²) in [5.74, 6) is 1.13. The van der Waals surface area contributed by atoms with Gasteiger partial charge in [-0.1, -0.05) is 42.5 Å². The normalized spacial score (nSPS) is 25.2. The molecule has 3 fully saturated rings. The molecule has 192 valence electrons. The molecular weight excluding hydrogens is 460 g/mol. The fraction of sp³-hybridized carbons (Fsp3) is 0.500. The molecule has 7 heteroatoms. The van der Waals surface area contributed by atoms with Gasteiger partial charge in [0.2, 0.25) is 0 Å². The van der Waals surface area contributed by atoms with E-state index < -0.39 is 0 Å². The maximum Gasteiger partial charge on any atom is 0.330 e. The number of carbonyl (C=O) groups excluding carboxylic acids is 1. The highest BCUT2D eigenvalue weighted by atomic mass is 16.2. The number of likely N-dealkylation sites (tertiary alicyclic amines) is 1. The number of aromatic nitrogens is 2. The first-order valence-electron chi connectivity index (χ1n) is 13.8. The third kappa shape index (κ3) is 4.38. The predicted molar refractivity (Wildman–Crippen MR) is 144 cm³/mol. The van der Waals surface area contributed by atoms with Crippen LogP contribution in [0.4, 0.5) is 4.79 Å². The van der Waals surface area contributed by atoms with Gasteiger partial charge in [-0.05, 0) is 81.5 Å². The number of urea groups is 1. The first-order chi connectivity index (χ1) is 18.1. The number of rotatable bonds is 5. The lowest BCUT2D eigenvalue weighted by Gasteiger charge is -2.45. The number of nitriles is 1. The minimum atomic E-state index is -0.272. The van der Waals surface area contributed by atoms with E-state index in [4.69, 9.17) is 10.2 Å². The summed E-state index contributed by atoms with van der Waals surface area (Å²) in [6.07, 6.45) is 9.70. The molecule has 2 bridgehead atoms.